The van der Waals surface area contributed by atoms with Crippen LogP contribution in [0.2, 0.25) is 0 Å². The lowest BCUT2D eigenvalue weighted by Crippen LogP contribution is -2.48. The zero-order valence-electron chi connectivity index (χ0n) is 28.1. The Labute approximate surface area is 279 Å². The number of hydrogen-bond acceptors (Lipinski definition) is 8. The van der Waals surface area contributed by atoms with Crippen molar-refractivity contribution in [1.29, 1.82) is 0 Å². The lowest BCUT2D eigenvalue weighted by molar-refractivity contribution is -0.154. The highest BCUT2D eigenvalue weighted by molar-refractivity contribution is 5.88. The van der Waals surface area contributed by atoms with Gasteiger partial charge in [-0.15, -0.1) is 0 Å². The molecule has 2 unspecified atom stereocenters. The molecule has 17 heteroatoms. The zero-order chi connectivity index (χ0) is 36.6. The number of fused-ring (bicyclic) bond motifs is 1. The summed E-state index contributed by atoms with van der Waals surface area (Å²) in [6.07, 6.45) is -7.96. The summed E-state index contributed by atoms with van der Waals surface area (Å²) >= 11 is 0. The molecule has 0 fully saturated rings. The number of aryl methyl sites for hydroxylation is 2. The largest absolute Gasteiger partial charge is 0.465 e. The van der Waals surface area contributed by atoms with Gasteiger partial charge in [0.2, 0.25) is 5.95 Å². The quantitative estimate of drug-likeness (QED) is 0.184. The van der Waals surface area contributed by atoms with Crippen molar-refractivity contribution in [1.82, 2.24) is 19.7 Å². The molecular weight excluding hydrogens is 660 g/mol. The number of hydrogen-bond donors (Lipinski definition) is 1. The molecule has 2 atom stereocenters. The highest BCUT2D eigenvalue weighted by Crippen LogP contribution is 2.45. The van der Waals surface area contributed by atoms with Gasteiger partial charge in [0, 0.05) is 38.8 Å². The van der Waals surface area contributed by atoms with Crippen molar-refractivity contribution in [2.24, 2.45) is 7.05 Å². The van der Waals surface area contributed by atoms with Crippen LogP contribution in [0, 0.1) is 6.92 Å². The number of carbonyl (C=O) groups is 2. The molecule has 0 spiro atoms. The molecule has 0 bridgehead atoms. The third-order valence-electron chi connectivity index (χ3n) is 8.11. The molecular formula is C32H39F6N7O4. The summed E-state index contributed by atoms with van der Waals surface area (Å²) in [5.41, 5.74) is -2.56. The molecule has 0 aliphatic carbocycles. The van der Waals surface area contributed by atoms with Crippen LogP contribution in [0.4, 0.5) is 48.6 Å². The highest BCUT2D eigenvalue weighted by atomic mass is 19.4. The van der Waals surface area contributed by atoms with Crippen molar-refractivity contribution in [3.63, 3.8) is 0 Å². The minimum atomic E-state index is -5.06. The van der Waals surface area contributed by atoms with Crippen LogP contribution in [0.25, 0.3) is 0 Å². The molecule has 2 aromatic heterocycles. The molecule has 1 aromatic carbocycles. The number of carboxylic acid groups (broad SMARTS) is 1. The normalized spacial score (nSPS) is 16.7. The van der Waals surface area contributed by atoms with Gasteiger partial charge in [-0.05, 0) is 64.3 Å². The van der Waals surface area contributed by atoms with Gasteiger partial charge in [-0.2, -0.15) is 31.4 Å². The topological polar surface area (TPSA) is 117 Å². The molecule has 0 saturated heterocycles. The second-order valence-electron chi connectivity index (χ2n) is 13.0. The molecule has 0 saturated carbocycles. The van der Waals surface area contributed by atoms with Crippen molar-refractivity contribution in [3.05, 3.63) is 58.5 Å². The fourth-order valence-electron chi connectivity index (χ4n) is 5.94. The standard InChI is InChI=1S/C32H39F6N7O4/c1-8-22-14-24(26-18(2)41-43(7)27(26)45(22)29(47)48)44(17-19-11-20(31(33,34)35)13-21(12-19)32(36,37)38)28-39-15-23(16-40-28)42(6)10-9-25(46)49-30(3,4)5/h11-13,15-16,22,24H,8-10,14,17H2,1-7H3,(H,47,48). The molecule has 3 heterocycles. The number of rotatable bonds is 9. The van der Waals surface area contributed by atoms with E-state index in [0.717, 1.165) is 0 Å². The van der Waals surface area contributed by atoms with E-state index < -0.39 is 59.8 Å². The Morgan fingerprint density at radius 1 is 1.02 bits per heavy atom. The predicted molar refractivity (Wildman–Crippen MR) is 168 cm³/mol. The summed E-state index contributed by atoms with van der Waals surface area (Å²) in [7, 11) is 3.25. The first-order chi connectivity index (χ1) is 22.6. The number of aromatic nitrogens is 4. The summed E-state index contributed by atoms with van der Waals surface area (Å²) in [5.74, 6) is -0.201. The maximum Gasteiger partial charge on any atom is 0.416 e. The van der Waals surface area contributed by atoms with Crippen LogP contribution >= 0.6 is 0 Å². The van der Waals surface area contributed by atoms with E-state index in [1.54, 1.807) is 53.6 Å². The Morgan fingerprint density at radius 2 is 1.59 bits per heavy atom. The molecule has 11 nitrogen and oxygen atoms in total. The monoisotopic (exact) mass is 699 g/mol. The second-order valence-corrected chi connectivity index (χ2v) is 13.0. The van der Waals surface area contributed by atoms with Gasteiger partial charge in [0.15, 0.2) is 0 Å². The van der Waals surface area contributed by atoms with Crippen molar-refractivity contribution < 1.29 is 45.8 Å². The first kappa shape index (κ1) is 37.3. The number of halogens is 6. The number of ether oxygens (including phenoxy) is 1. The summed E-state index contributed by atoms with van der Waals surface area (Å²) in [4.78, 5) is 37.9. The summed E-state index contributed by atoms with van der Waals surface area (Å²) < 4.78 is 89.7. The Bertz CT molecular complexity index is 1640. The van der Waals surface area contributed by atoms with E-state index in [-0.39, 0.29) is 42.8 Å². The minimum absolute atomic E-state index is 0.0203. The van der Waals surface area contributed by atoms with E-state index in [9.17, 15) is 41.0 Å². The predicted octanol–water partition coefficient (Wildman–Crippen LogP) is 7.14. The molecule has 1 aliphatic heterocycles. The number of alkyl halides is 6. The van der Waals surface area contributed by atoms with E-state index in [1.165, 1.54) is 26.9 Å². The van der Waals surface area contributed by atoms with Gasteiger partial charge in [0.1, 0.15) is 11.4 Å². The minimum Gasteiger partial charge on any atom is -0.465 e. The Kier molecular flexibility index (Phi) is 10.4. The van der Waals surface area contributed by atoms with Crippen molar-refractivity contribution in [2.75, 3.05) is 28.3 Å². The van der Waals surface area contributed by atoms with Gasteiger partial charge >= 0.3 is 24.4 Å². The lowest BCUT2D eigenvalue weighted by Gasteiger charge is -2.42. The van der Waals surface area contributed by atoms with Crippen molar-refractivity contribution >= 4 is 29.5 Å². The first-order valence-electron chi connectivity index (χ1n) is 15.5. The lowest BCUT2D eigenvalue weighted by atomic mass is 9.90. The fraction of sp³-hybridized carbons (Fsp3) is 0.531. The van der Waals surface area contributed by atoms with Crippen molar-refractivity contribution in [3.8, 4) is 0 Å². The third-order valence-corrected chi connectivity index (χ3v) is 8.11. The number of esters is 1. The third kappa shape index (κ3) is 8.54. The maximum atomic E-state index is 13.8. The maximum absolute atomic E-state index is 13.8. The first-order valence-corrected chi connectivity index (χ1v) is 15.5. The average molecular weight is 700 g/mol. The van der Waals surface area contributed by atoms with Crippen molar-refractivity contribution in [2.45, 2.75) is 90.5 Å². The van der Waals surface area contributed by atoms with E-state index in [2.05, 4.69) is 15.1 Å². The molecule has 3 aromatic rings. The number of carbonyl (C=O) groups excluding carboxylic acids is 1. The SMILES string of the molecule is CCC1CC(N(Cc2cc(C(F)(F)F)cc(C(F)(F)F)c2)c2ncc(N(C)CCC(=O)OC(C)(C)C)cn2)c2c(C)nn(C)c2N1C(=O)O. The summed E-state index contributed by atoms with van der Waals surface area (Å²) in [5, 5.41) is 14.5. The van der Waals surface area contributed by atoms with Gasteiger partial charge in [-0.25, -0.2) is 14.8 Å². The van der Waals surface area contributed by atoms with E-state index in [4.69, 9.17) is 4.74 Å². The summed E-state index contributed by atoms with van der Waals surface area (Å²) in [6.45, 7) is 8.43. The number of benzene rings is 1. The molecule has 49 heavy (non-hydrogen) atoms. The van der Waals surface area contributed by atoms with Gasteiger partial charge in [0.25, 0.3) is 0 Å². The van der Waals surface area contributed by atoms with Gasteiger partial charge in [0.05, 0.1) is 47.4 Å². The number of nitrogens with zero attached hydrogens (tertiary/aromatic N) is 7. The van der Waals surface area contributed by atoms with Crippen LogP contribution in [0.3, 0.4) is 0 Å². The Morgan fingerprint density at radius 3 is 2.08 bits per heavy atom. The van der Waals surface area contributed by atoms with E-state index >= 15 is 0 Å². The van der Waals surface area contributed by atoms with Crippen LogP contribution in [-0.2, 0) is 35.5 Å². The van der Waals surface area contributed by atoms with Crippen LogP contribution in [0.1, 0.15) is 80.9 Å². The Balaban J connectivity index is 1.81. The smallest absolute Gasteiger partial charge is 0.416 e. The average Bonchev–Trinajstić information content (AvgIpc) is 3.29. The van der Waals surface area contributed by atoms with Crippen LogP contribution < -0.4 is 14.7 Å². The molecule has 268 valence electrons. The molecule has 1 aliphatic rings. The van der Waals surface area contributed by atoms with Gasteiger partial charge < -0.3 is 19.6 Å². The van der Waals surface area contributed by atoms with Crippen LogP contribution in [-0.4, -0.2) is 62.2 Å². The molecule has 1 amide bonds. The van der Waals surface area contributed by atoms with Gasteiger partial charge in [-0.1, -0.05) is 6.92 Å². The molecule has 1 N–H and O–H groups in total. The zero-order valence-corrected chi connectivity index (χ0v) is 28.1. The van der Waals surface area contributed by atoms with Crippen LogP contribution in [0.5, 0.6) is 0 Å². The van der Waals surface area contributed by atoms with Gasteiger partial charge in [-0.3, -0.25) is 14.4 Å². The van der Waals surface area contributed by atoms with E-state index in [1.807, 2.05) is 0 Å². The van der Waals surface area contributed by atoms with E-state index in [0.29, 0.717) is 35.5 Å². The van der Waals surface area contributed by atoms with Crippen LogP contribution in [0.15, 0.2) is 30.6 Å². The summed E-state index contributed by atoms with van der Waals surface area (Å²) in [6, 6.07) is -0.0286. The number of anilines is 3. The fourth-order valence-corrected chi connectivity index (χ4v) is 5.94. The molecule has 4 rings (SSSR count). The second kappa shape index (κ2) is 13.7. The number of amides is 1. The Hall–Kier alpha value is -4.57. The molecule has 0 radical (unpaired) electrons. The highest BCUT2D eigenvalue weighted by Gasteiger charge is 2.43.